The predicted molar refractivity (Wildman–Crippen MR) is 51.0 cm³/mol. The second-order valence-corrected chi connectivity index (χ2v) is 4.07. The Morgan fingerprint density at radius 2 is 1.62 bits per heavy atom. The molecule has 0 aromatic rings. The Morgan fingerprint density at radius 1 is 1.15 bits per heavy atom. The molecule has 0 aromatic heterocycles. The van der Waals surface area contributed by atoms with Crippen molar-refractivity contribution in [3.63, 3.8) is 0 Å². The number of carbonyl (C=O) groups excluding carboxylic acids is 1. The minimum Gasteiger partial charge on any atom is -0.395 e. The van der Waals surface area contributed by atoms with E-state index in [4.69, 9.17) is 5.73 Å². The van der Waals surface area contributed by atoms with Gasteiger partial charge in [-0.15, -0.1) is 0 Å². The number of primary amides is 1. The van der Waals surface area contributed by atoms with Crippen LogP contribution in [0.4, 0.5) is 0 Å². The van der Waals surface area contributed by atoms with Gasteiger partial charge in [0.2, 0.25) is 5.91 Å². The van der Waals surface area contributed by atoms with Crippen LogP contribution in [0.5, 0.6) is 0 Å². The number of rotatable bonds is 2. The van der Waals surface area contributed by atoms with Gasteiger partial charge in [-0.25, -0.2) is 0 Å². The molecule has 3 N–H and O–H groups in total. The van der Waals surface area contributed by atoms with Gasteiger partial charge in [0.15, 0.2) is 0 Å². The second-order valence-electron chi connectivity index (χ2n) is 4.07. The van der Waals surface area contributed by atoms with Gasteiger partial charge in [0, 0.05) is 0 Å². The molecular formula is C10H19NO2. The molecule has 0 heterocycles. The SMILES string of the molecule is NC(=O)C1(CO)CCCCCCC1. The topological polar surface area (TPSA) is 63.3 Å². The standard InChI is InChI=1S/C10H19NO2/c11-9(13)10(8-12)6-4-2-1-3-5-7-10/h12H,1-8H2,(H2,11,13). The molecule has 3 heteroatoms. The van der Waals surface area contributed by atoms with Crippen LogP contribution in [0, 0.1) is 5.41 Å². The maximum Gasteiger partial charge on any atom is 0.225 e. The van der Waals surface area contributed by atoms with E-state index in [2.05, 4.69) is 0 Å². The fraction of sp³-hybridized carbons (Fsp3) is 0.900. The van der Waals surface area contributed by atoms with E-state index in [1.807, 2.05) is 0 Å². The van der Waals surface area contributed by atoms with Crippen molar-refractivity contribution in [1.29, 1.82) is 0 Å². The Morgan fingerprint density at radius 3 is 2.00 bits per heavy atom. The minimum absolute atomic E-state index is 0.0810. The first-order chi connectivity index (χ1) is 6.21. The van der Waals surface area contributed by atoms with Crippen LogP contribution in [0.1, 0.15) is 44.9 Å². The molecule has 0 radical (unpaired) electrons. The molecular weight excluding hydrogens is 166 g/mol. The van der Waals surface area contributed by atoms with Crippen molar-refractivity contribution in [2.24, 2.45) is 11.1 Å². The van der Waals surface area contributed by atoms with Crippen LogP contribution in [0.3, 0.4) is 0 Å². The first-order valence-corrected chi connectivity index (χ1v) is 5.12. The fourth-order valence-electron chi connectivity index (χ4n) is 2.06. The van der Waals surface area contributed by atoms with E-state index >= 15 is 0 Å². The van der Waals surface area contributed by atoms with Crippen molar-refractivity contribution >= 4 is 5.91 Å². The van der Waals surface area contributed by atoms with E-state index < -0.39 is 5.41 Å². The largest absolute Gasteiger partial charge is 0.395 e. The van der Waals surface area contributed by atoms with Crippen LogP contribution in [0.2, 0.25) is 0 Å². The summed E-state index contributed by atoms with van der Waals surface area (Å²) in [6.07, 6.45) is 7.13. The molecule has 76 valence electrons. The van der Waals surface area contributed by atoms with Crippen LogP contribution < -0.4 is 5.73 Å². The highest BCUT2D eigenvalue weighted by Crippen LogP contribution is 2.33. The maximum atomic E-state index is 11.2. The summed E-state index contributed by atoms with van der Waals surface area (Å²) in [5.74, 6) is -0.322. The molecule has 1 saturated carbocycles. The van der Waals surface area contributed by atoms with Gasteiger partial charge in [-0.2, -0.15) is 0 Å². The van der Waals surface area contributed by atoms with Gasteiger partial charge in [-0.3, -0.25) is 4.79 Å². The molecule has 0 aliphatic heterocycles. The lowest BCUT2D eigenvalue weighted by Crippen LogP contribution is -2.40. The summed E-state index contributed by atoms with van der Waals surface area (Å²) in [7, 11) is 0. The van der Waals surface area contributed by atoms with E-state index in [0.717, 1.165) is 38.5 Å². The average Bonchev–Trinajstić information content (AvgIpc) is 2.04. The third kappa shape index (κ3) is 2.44. The van der Waals surface area contributed by atoms with Crippen LogP contribution in [-0.4, -0.2) is 17.6 Å². The highest BCUT2D eigenvalue weighted by molar-refractivity contribution is 5.80. The Hall–Kier alpha value is -0.570. The summed E-state index contributed by atoms with van der Waals surface area (Å²) in [6, 6.07) is 0. The van der Waals surface area contributed by atoms with Gasteiger partial charge in [-0.05, 0) is 12.8 Å². The number of hydrogen-bond acceptors (Lipinski definition) is 2. The number of carbonyl (C=O) groups is 1. The molecule has 0 aromatic carbocycles. The molecule has 0 saturated heterocycles. The molecule has 1 aliphatic carbocycles. The molecule has 0 bridgehead atoms. The number of amides is 1. The van der Waals surface area contributed by atoms with Crippen molar-refractivity contribution in [1.82, 2.24) is 0 Å². The smallest absolute Gasteiger partial charge is 0.225 e. The highest BCUT2D eigenvalue weighted by Gasteiger charge is 2.35. The molecule has 1 rings (SSSR count). The monoisotopic (exact) mass is 185 g/mol. The van der Waals surface area contributed by atoms with Crippen molar-refractivity contribution in [3.8, 4) is 0 Å². The van der Waals surface area contributed by atoms with E-state index in [1.165, 1.54) is 6.42 Å². The quantitative estimate of drug-likeness (QED) is 0.679. The summed E-state index contributed by atoms with van der Waals surface area (Å²) in [4.78, 5) is 11.2. The zero-order chi connectivity index (χ0) is 9.73. The average molecular weight is 185 g/mol. The zero-order valence-corrected chi connectivity index (χ0v) is 8.09. The van der Waals surface area contributed by atoms with Gasteiger partial charge in [0.1, 0.15) is 0 Å². The first-order valence-electron chi connectivity index (χ1n) is 5.12. The Labute approximate surface area is 79.3 Å². The second kappa shape index (κ2) is 4.61. The summed E-state index contributed by atoms with van der Waals surface area (Å²) in [5, 5.41) is 9.23. The summed E-state index contributed by atoms with van der Waals surface area (Å²) < 4.78 is 0. The lowest BCUT2D eigenvalue weighted by atomic mass is 9.76. The zero-order valence-electron chi connectivity index (χ0n) is 8.09. The van der Waals surface area contributed by atoms with E-state index in [-0.39, 0.29) is 12.5 Å². The van der Waals surface area contributed by atoms with Gasteiger partial charge in [0.05, 0.1) is 12.0 Å². The summed E-state index contributed by atoms with van der Waals surface area (Å²) in [6.45, 7) is -0.0810. The van der Waals surface area contributed by atoms with Gasteiger partial charge >= 0.3 is 0 Å². The van der Waals surface area contributed by atoms with Crippen molar-refractivity contribution in [3.05, 3.63) is 0 Å². The molecule has 0 atom stereocenters. The van der Waals surface area contributed by atoms with E-state index in [9.17, 15) is 9.90 Å². The molecule has 13 heavy (non-hydrogen) atoms. The Bertz CT molecular complexity index is 172. The molecule has 0 spiro atoms. The Kier molecular flexibility index (Phi) is 3.72. The molecule has 3 nitrogen and oxygen atoms in total. The van der Waals surface area contributed by atoms with Gasteiger partial charge < -0.3 is 10.8 Å². The van der Waals surface area contributed by atoms with Crippen molar-refractivity contribution in [2.45, 2.75) is 44.9 Å². The Balaban J connectivity index is 2.63. The van der Waals surface area contributed by atoms with Crippen LogP contribution in [-0.2, 0) is 4.79 Å². The highest BCUT2D eigenvalue weighted by atomic mass is 16.3. The number of nitrogens with two attached hydrogens (primary N) is 1. The lowest BCUT2D eigenvalue weighted by molar-refractivity contribution is -0.131. The van der Waals surface area contributed by atoms with Crippen molar-refractivity contribution in [2.75, 3.05) is 6.61 Å². The molecule has 1 aliphatic rings. The van der Waals surface area contributed by atoms with E-state index in [0.29, 0.717) is 0 Å². The van der Waals surface area contributed by atoms with Gasteiger partial charge in [-0.1, -0.05) is 32.1 Å². The number of hydrogen-bond donors (Lipinski definition) is 2. The summed E-state index contributed by atoms with van der Waals surface area (Å²) >= 11 is 0. The predicted octanol–water partition coefficient (Wildman–Crippen LogP) is 1.19. The normalized spacial score (nSPS) is 23.2. The van der Waals surface area contributed by atoms with Crippen LogP contribution in [0.15, 0.2) is 0 Å². The summed E-state index contributed by atoms with van der Waals surface area (Å²) in [5.41, 5.74) is 4.72. The third-order valence-electron chi connectivity index (χ3n) is 3.14. The van der Waals surface area contributed by atoms with Crippen LogP contribution >= 0.6 is 0 Å². The van der Waals surface area contributed by atoms with E-state index in [1.54, 1.807) is 0 Å². The molecule has 1 fully saturated rings. The maximum absolute atomic E-state index is 11.2. The van der Waals surface area contributed by atoms with Crippen molar-refractivity contribution < 1.29 is 9.90 Å². The lowest BCUT2D eigenvalue weighted by Gasteiger charge is -2.30. The fourth-order valence-corrected chi connectivity index (χ4v) is 2.06. The van der Waals surface area contributed by atoms with Crippen LogP contribution in [0.25, 0.3) is 0 Å². The molecule has 0 unspecified atom stereocenters. The first kappa shape index (κ1) is 10.5. The minimum atomic E-state index is -0.611. The number of aliphatic hydroxyl groups is 1. The number of aliphatic hydroxyl groups excluding tert-OH is 1. The van der Waals surface area contributed by atoms with Gasteiger partial charge in [0.25, 0.3) is 0 Å². The molecule has 1 amide bonds. The third-order valence-corrected chi connectivity index (χ3v) is 3.14.